The zero-order valence-electron chi connectivity index (χ0n) is 10.8. The van der Waals surface area contributed by atoms with Crippen LogP contribution < -0.4 is 5.73 Å². The van der Waals surface area contributed by atoms with Crippen LogP contribution in [0.15, 0.2) is 18.2 Å². The van der Waals surface area contributed by atoms with Crippen LogP contribution in [0.25, 0.3) is 0 Å². The van der Waals surface area contributed by atoms with Crippen molar-refractivity contribution in [3.8, 4) is 0 Å². The molecule has 0 bridgehead atoms. The van der Waals surface area contributed by atoms with Crippen LogP contribution >= 0.6 is 0 Å². The Kier molecular flexibility index (Phi) is 3.69. The molecule has 0 unspecified atom stereocenters. The van der Waals surface area contributed by atoms with E-state index in [1.807, 2.05) is 6.92 Å². The van der Waals surface area contributed by atoms with Gasteiger partial charge in [-0.05, 0) is 25.3 Å². The smallest absolute Gasteiger partial charge is 0.270 e. The van der Waals surface area contributed by atoms with Gasteiger partial charge in [-0.2, -0.15) is 0 Å². The van der Waals surface area contributed by atoms with Crippen LogP contribution in [-0.4, -0.2) is 28.3 Å². The summed E-state index contributed by atoms with van der Waals surface area (Å²) in [4.78, 5) is 24.5. The highest BCUT2D eigenvalue weighted by Gasteiger charge is 2.33. The molecule has 2 N–H and O–H groups in total. The van der Waals surface area contributed by atoms with Crippen molar-refractivity contribution in [1.29, 1.82) is 0 Å². The molecule has 0 aliphatic heterocycles. The first-order valence-corrected chi connectivity index (χ1v) is 6.39. The lowest BCUT2D eigenvalue weighted by Gasteiger charge is -2.22. The predicted molar refractivity (Wildman–Crippen MR) is 71.9 cm³/mol. The van der Waals surface area contributed by atoms with E-state index in [4.69, 9.17) is 5.73 Å². The molecule has 102 valence electrons. The van der Waals surface area contributed by atoms with Gasteiger partial charge in [0.1, 0.15) is 0 Å². The molecule has 6 nitrogen and oxygen atoms in total. The fourth-order valence-electron chi connectivity index (χ4n) is 2.07. The average molecular weight is 263 g/mol. The van der Waals surface area contributed by atoms with Crippen molar-refractivity contribution in [2.75, 3.05) is 12.3 Å². The molecule has 0 heterocycles. The van der Waals surface area contributed by atoms with Crippen molar-refractivity contribution in [2.45, 2.75) is 32.2 Å². The van der Waals surface area contributed by atoms with Crippen LogP contribution in [0.4, 0.5) is 11.4 Å². The van der Waals surface area contributed by atoms with Gasteiger partial charge in [-0.15, -0.1) is 0 Å². The second kappa shape index (κ2) is 5.26. The lowest BCUT2D eigenvalue weighted by Crippen LogP contribution is -2.34. The summed E-state index contributed by atoms with van der Waals surface area (Å²) < 4.78 is 0. The number of benzene rings is 1. The number of nitro groups is 1. The van der Waals surface area contributed by atoms with Gasteiger partial charge in [0.25, 0.3) is 11.6 Å². The van der Waals surface area contributed by atoms with E-state index in [9.17, 15) is 14.9 Å². The van der Waals surface area contributed by atoms with Crippen LogP contribution in [0.2, 0.25) is 0 Å². The first-order valence-electron chi connectivity index (χ1n) is 6.39. The van der Waals surface area contributed by atoms with Crippen LogP contribution in [0, 0.1) is 10.1 Å². The third-order valence-electron chi connectivity index (χ3n) is 3.19. The quantitative estimate of drug-likeness (QED) is 0.501. The molecule has 0 aromatic heterocycles. The first kappa shape index (κ1) is 13.3. The highest BCUT2D eigenvalue weighted by atomic mass is 16.6. The highest BCUT2D eigenvalue weighted by Crippen LogP contribution is 2.30. The second-order valence-corrected chi connectivity index (χ2v) is 4.76. The molecule has 1 saturated carbocycles. The van der Waals surface area contributed by atoms with E-state index in [0.29, 0.717) is 6.54 Å². The summed E-state index contributed by atoms with van der Waals surface area (Å²) in [5, 5.41) is 10.8. The maximum Gasteiger partial charge on any atom is 0.270 e. The lowest BCUT2D eigenvalue weighted by molar-refractivity contribution is -0.384. The van der Waals surface area contributed by atoms with E-state index in [1.54, 1.807) is 4.90 Å². The largest absolute Gasteiger partial charge is 0.398 e. The van der Waals surface area contributed by atoms with E-state index in [2.05, 4.69) is 0 Å². The number of nitrogens with zero attached hydrogens (tertiary/aromatic N) is 2. The van der Waals surface area contributed by atoms with Gasteiger partial charge in [-0.3, -0.25) is 14.9 Å². The minimum Gasteiger partial charge on any atom is -0.398 e. The maximum absolute atomic E-state index is 12.4. The summed E-state index contributed by atoms with van der Waals surface area (Å²) in [7, 11) is 0. The average Bonchev–Trinajstić information content (AvgIpc) is 3.19. The van der Waals surface area contributed by atoms with Crippen molar-refractivity contribution in [3.05, 3.63) is 33.9 Å². The van der Waals surface area contributed by atoms with Gasteiger partial charge in [0.15, 0.2) is 0 Å². The van der Waals surface area contributed by atoms with Gasteiger partial charge in [-0.25, -0.2) is 0 Å². The minimum absolute atomic E-state index is 0.107. The van der Waals surface area contributed by atoms with Gasteiger partial charge < -0.3 is 10.6 Å². The van der Waals surface area contributed by atoms with Gasteiger partial charge in [-0.1, -0.05) is 6.92 Å². The minimum atomic E-state index is -0.516. The van der Waals surface area contributed by atoms with Crippen LogP contribution in [-0.2, 0) is 0 Å². The molecule has 2 rings (SSSR count). The lowest BCUT2D eigenvalue weighted by atomic mass is 10.1. The molecule has 1 aromatic rings. The number of hydrogen-bond donors (Lipinski definition) is 1. The molecule has 1 amide bonds. The molecular weight excluding hydrogens is 246 g/mol. The third-order valence-corrected chi connectivity index (χ3v) is 3.19. The Morgan fingerprint density at radius 3 is 2.74 bits per heavy atom. The summed E-state index contributed by atoms with van der Waals surface area (Å²) in [5.74, 6) is -0.203. The number of nitro benzene ring substituents is 1. The number of non-ortho nitro benzene ring substituents is 1. The summed E-state index contributed by atoms with van der Waals surface area (Å²) in [5.41, 5.74) is 6.19. The van der Waals surface area contributed by atoms with Crippen molar-refractivity contribution in [1.82, 2.24) is 4.90 Å². The Morgan fingerprint density at radius 2 is 2.21 bits per heavy atom. The SMILES string of the molecule is CCCN(C(=O)c1cc([N+](=O)[O-])ccc1N)C1CC1. The van der Waals surface area contributed by atoms with E-state index in [0.717, 1.165) is 19.3 Å². The topological polar surface area (TPSA) is 89.5 Å². The summed E-state index contributed by atoms with van der Waals surface area (Å²) in [6.07, 6.45) is 2.86. The fraction of sp³-hybridized carbons (Fsp3) is 0.462. The zero-order chi connectivity index (χ0) is 14.0. The normalized spacial score (nSPS) is 14.2. The number of hydrogen-bond acceptors (Lipinski definition) is 4. The number of amides is 1. The number of rotatable bonds is 5. The molecule has 1 fully saturated rings. The first-order chi connectivity index (χ1) is 9.04. The highest BCUT2D eigenvalue weighted by molar-refractivity contribution is 6.00. The van der Waals surface area contributed by atoms with Crippen molar-refractivity contribution in [3.63, 3.8) is 0 Å². The van der Waals surface area contributed by atoms with Crippen molar-refractivity contribution >= 4 is 17.3 Å². The van der Waals surface area contributed by atoms with Gasteiger partial charge in [0.2, 0.25) is 0 Å². The maximum atomic E-state index is 12.4. The molecule has 19 heavy (non-hydrogen) atoms. The number of nitrogen functional groups attached to an aromatic ring is 1. The van der Waals surface area contributed by atoms with Crippen LogP contribution in [0.5, 0.6) is 0 Å². The van der Waals surface area contributed by atoms with Gasteiger partial charge in [0, 0.05) is 30.4 Å². The monoisotopic (exact) mass is 263 g/mol. The number of carbonyl (C=O) groups is 1. The summed E-state index contributed by atoms with van der Waals surface area (Å²) in [6, 6.07) is 4.27. The molecule has 0 saturated heterocycles. The number of nitrogens with two attached hydrogens (primary N) is 1. The molecule has 6 heteroatoms. The van der Waals surface area contributed by atoms with Crippen molar-refractivity contribution in [2.24, 2.45) is 0 Å². The zero-order valence-corrected chi connectivity index (χ0v) is 10.8. The van der Waals surface area contributed by atoms with Crippen LogP contribution in [0.3, 0.4) is 0 Å². The predicted octanol–water partition coefficient (Wildman–Crippen LogP) is 2.19. The Labute approximate surface area is 111 Å². The molecule has 1 aliphatic carbocycles. The number of carbonyl (C=O) groups excluding carboxylic acids is 1. The van der Waals surface area contributed by atoms with E-state index < -0.39 is 4.92 Å². The molecule has 0 spiro atoms. The Balaban J connectivity index is 2.30. The Bertz CT molecular complexity index is 512. The molecule has 0 radical (unpaired) electrons. The van der Waals surface area contributed by atoms with Gasteiger partial charge >= 0.3 is 0 Å². The van der Waals surface area contributed by atoms with Crippen molar-refractivity contribution < 1.29 is 9.72 Å². The fourth-order valence-corrected chi connectivity index (χ4v) is 2.07. The third kappa shape index (κ3) is 2.83. The standard InChI is InChI=1S/C13H17N3O3/c1-2-7-15(9-3-4-9)13(17)11-8-10(16(18)19)5-6-12(11)14/h5-6,8-9H,2-4,7,14H2,1H3. The number of anilines is 1. The molecule has 1 aromatic carbocycles. The second-order valence-electron chi connectivity index (χ2n) is 4.76. The molecular formula is C13H17N3O3. The van der Waals surface area contributed by atoms with E-state index in [-0.39, 0.29) is 28.9 Å². The van der Waals surface area contributed by atoms with Gasteiger partial charge in [0.05, 0.1) is 10.5 Å². The van der Waals surface area contributed by atoms with E-state index >= 15 is 0 Å². The van der Waals surface area contributed by atoms with Crippen LogP contribution in [0.1, 0.15) is 36.5 Å². The molecule has 0 atom stereocenters. The van der Waals surface area contributed by atoms with E-state index in [1.165, 1.54) is 18.2 Å². The Hall–Kier alpha value is -2.11. The summed E-state index contributed by atoms with van der Waals surface area (Å²) >= 11 is 0. The Morgan fingerprint density at radius 1 is 1.53 bits per heavy atom. The molecule has 1 aliphatic rings. The summed E-state index contributed by atoms with van der Waals surface area (Å²) in [6.45, 7) is 2.66.